The number of anilines is 1. The van der Waals surface area contributed by atoms with Crippen LogP contribution in [0, 0.1) is 0 Å². The molecular weight excluding hydrogens is 500 g/mol. The molecule has 1 unspecified atom stereocenters. The van der Waals surface area contributed by atoms with Gasteiger partial charge in [-0.05, 0) is 59.4 Å². The summed E-state index contributed by atoms with van der Waals surface area (Å²) in [6.45, 7) is 9.22. The molecule has 12 nitrogen and oxygen atoms in total. The Kier molecular flexibility index (Phi) is 6.94. The number of carbonyl (C=O) groups excluding carboxylic acids is 1. The Bertz CT molecular complexity index is 1250. The van der Waals surface area contributed by atoms with Crippen LogP contribution in [0.4, 0.5) is 10.6 Å². The van der Waals surface area contributed by atoms with Crippen molar-refractivity contribution in [3.8, 4) is 0 Å². The van der Waals surface area contributed by atoms with Crippen molar-refractivity contribution in [2.45, 2.75) is 77.2 Å². The maximum absolute atomic E-state index is 13.7. The number of hydrogen-bond donors (Lipinski definition) is 0. The van der Waals surface area contributed by atoms with Gasteiger partial charge in [-0.1, -0.05) is 4.47 Å². The second-order valence-corrected chi connectivity index (χ2v) is 12.6. The molecule has 0 aromatic carbocycles. The molecule has 4 heterocycles. The van der Waals surface area contributed by atoms with Crippen LogP contribution in [0.5, 0.6) is 0 Å². The van der Waals surface area contributed by atoms with Crippen LogP contribution in [-0.4, -0.2) is 88.0 Å². The molecule has 1 spiro atoms. The Labute approximate surface area is 217 Å². The van der Waals surface area contributed by atoms with Crippen LogP contribution in [0.2, 0.25) is 0 Å². The molecule has 1 saturated carbocycles. The summed E-state index contributed by atoms with van der Waals surface area (Å²) in [5.41, 5.74) is -0.702. The smallest absolute Gasteiger partial charge is 0.420 e. The summed E-state index contributed by atoms with van der Waals surface area (Å²) in [6, 6.07) is 1.80. The maximum atomic E-state index is 13.7. The molecule has 0 bridgehead atoms. The Balaban J connectivity index is 1.35. The Hall–Kier alpha value is -2.32. The van der Waals surface area contributed by atoms with E-state index in [2.05, 4.69) is 14.9 Å². The van der Waals surface area contributed by atoms with Gasteiger partial charge >= 0.3 is 16.3 Å². The highest BCUT2D eigenvalue weighted by Gasteiger charge is 2.57. The normalized spacial score (nSPS) is 22.6. The highest BCUT2D eigenvalue weighted by Crippen LogP contribution is 2.47. The highest BCUT2D eigenvalue weighted by atomic mass is 32.2. The number of rotatable bonds is 6. The van der Waals surface area contributed by atoms with Gasteiger partial charge in [0.15, 0.2) is 11.9 Å². The fraction of sp³-hybridized carbons (Fsp3) is 0.708. The lowest BCUT2D eigenvalue weighted by molar-refractivity contribution is -0.252. The van der Waals surface area contributed by atoms with Crippen molar-refractivity contribution >= 4 is 33.2 Å². The summed E-state index contributed by atoms with van der Waals surface area (Å²) >= 11 is 0. The molecule has 2 aromatic rings. The fourth-order valence-electron chi connectivity index (χ4n) is 5.03. The van der Waals surface area contributed by atoms with Crippen molar-refractivity contribution in [2.24, 2.45) is 0 Å². The second kappa shape index (κ2) is 9.77. The van der Waals surface area contributed by atoms with E-state index in [0.29, 0.717) is 49.5 Å². The zero-order chi connectivity index (χ0) is 26.4. The van der Waals surface area contributed by atoms with Crippen LogP contribution in [0.25, 0.3) is 11.0 Å². The minimum atomic E-state index is -3.85. The topological polar surface area (TPSA) is 119 Å². The van der Waals surface area contributed by atoms with Crippen LogP contribution in [0.15, 0.2) is 18.6 Å². The van der Waals surface area contributed by atoms with Crippen LogP contribution < -0.4 is 4.90 Å². The van der Waals surface area contributed by atoms with E-state index < -0.39 is 33.7 Å². The molecule has 0 radical (unpaired) electrons. The number of ether oxygens (including phenoxy) is 2. The summed E-state index contributed by atoms with van der Waals surface area (Å²) in [4.78, 5) is 29.4. The van der Waals surface area contributed by atoms with Gasteiger partial charge in [-0.2, -0.15) is 12.7 Å². The summed E-state index contributed by atoms with van der Waals surface area (Å²) in [5, 5.41) is 0.716. The summed E-state index contributed by atoms with van der Waals surface area (Å²) in [6.07, 6.45) is 6.12. The molecule has 3 fully saturated rings. The Morgan fingerprint density at radius 2 is 2.03 bits per heavy atom. The van der Waals surface area contributed by atoms with E-state index in [-0.39, 0.29) is 6.54 Å². The summed E-state index contributed by atoms with van der Waals surface area (Å²) in [7, 11) is -3.85. The predicted octanol–water partition coefficient (Wildman–Crippen LogP) is 2.89. The third kappa shape index (κ3) is 5.19. The number of hydrogen-bond acceptors (Lipinski definition) is 9. The van der Waals surface area contributed by atoms with Gasteiger partial charge in [0.25, 0.3) is 0 Å². The van der Waals surface area contributed by atoms with Gasteiger partial charge in [-0.3, -0.25) is 4.84 Å². The first-order valence-corrected chi connectivity index (χ1v) is 14.3. The molecule has 2 aliphatic heterocycles. The van der Waals surface area contributed by atoms with Gasteiger partial charge in [0, 0.05) is 45.4 Å². The number of carbonyl (C=O) groups is 1. The molecule has 5 rings (SSSR count). The van der Waals surface area contributed by atoms with Crippen molar-refractivity contribution in [1.29, 1.82) is 0 Å². The van der Waals surface area contributed by atoms with Gasteiger partial charge in [0.05, 0.1) is 10.9 Å². The number of piperazine rings is 1. The van der Waals surface area contributed by atoms with E-state index in [9.17, 15) is 13.2 Å². The fourth-order valence-corrected chi connectivity index (χ4v) is 6.82. The van der Waals surface area contributed by atoms with E-state index in [1.807, 2.05) is 20.8 Å². The zero-order valence-electron chi connectivity index (χ0n) is 21.9. The lowest BCUT2D eigenvalue weighted by Gasteiger charge is -2.43. The molecule has 37 heavy (non-hydrogen) atoms. The van der Waals surface area contributed by atoms with Crippen molar-refractivity contribution in [3.05, 3.63) is 18.6 Å². The van der Waals surface area contributed by atoms with Gasteiger partial charge in [0.1, 0.15) is 17.7 Å². The standard InChI is InChI=1S/C24H36N6O6S/c1-5-30(36-19-8-6-7-15-34-19)37(32,33)29-14-13-27(16-24(29)10-11-24)20-18-9-12-28(21(18)26-17-25-20)22(31)35-23(2,3)4/h9,12,17,19H,5-8,10-11,13-16H2,1-4H3. The lowest BCUT2D eigenvalue weighted by Crippen LogP contribution is -2.60. The first-order valence-electron chi connectivity index (χ1n) is 12.9. The molecule has 204 valence electrons. The van der Waals surface area contributed by atoms with Gasteiger partial charge < -0.3 is 14.4 Å². The summed E-state index contributed by atoms with van der Waals surface area (Å²) in [5.74, 6) is 0.676. The van der Waals surface area contributed by atoms with E-state index in [1.54, 1.807) is 23.5 Å². The number of hydroxylamine groups is 1. The van der Waals surface area contributed by atoms with Crippen LogP contribution >= 0.6 is 0 Å². The van der Waals surface area contributed by atoms with Crippen LogP contribution in [0.3, 0.4) is 0 Å². The molecule has 3 aliphatic rings. The van der Waals surface area contributed by atoms with E-state index in [4.69, 9.17) is 14.3 Å². The number of nitrogens with zero attached hydrogens (tertiary/aromatic N) is 6. The molecule has 0 N–H and O–H groups in total. The number of fused-ring (bicyclic) bond motifs is 1. The average Bonchev–Trinajstić information content (AvgIpc) is 3.45. The third-order valence-electron chi connectivity index (χ3n) is 6.93. The summed E-state index contributed by atoms with van der Waals surface area (Å²) < 4.78 is 42.5. The second-order valence-electron chi connectivity index (χ2n) is 10.8. The van der Waals surface area contributed by atoms with Crippen LogP contribution in [-0.2, 0) is 24.5 Å². The monoisotopic (exact) mass is 536 g/mol. The first-order chi connectivity index (χ1) is 17.5. The van der Waals surface area contributed by atoms with Crippen molar-refractivity contribution < 1.29 is 27.5 Å². The molecule has 2 aromatic heterocycles. The molecule has 1 atom stereocenters. The van der Waals surface area contributed by atoms with E-state index >= 15 is 0 Å². The van der Waals surface area contributed by atoms with Gasteiger partial charge in [0.2, 0.25) is 0 Å². The molecule has 13 heteroatoms. The lowest BCUT2D eigenvalue weighted by atomic mass is 10.2. The minimum absolute atomic E-state index is 0.198. The van der Waals surface area contributed by atoms with Crippen LogP contribution in [0.1, 0.15) is 59.8 Å². The van der Waals surface area contributed by atoms with Crippen molar-refractivity contribution in [1.82, 2.24) is 23.3 Å². The van der Waals surface area contributed by atoms with Crippen molar-refractivity contribution in [2.75, 3.05) is 37.7 Å². The quantitative estimate of drug-likeness (QED) is 0.513. The molecular formula is C24H36N6O6S. The largest absolute Gasteiger partial charge is 0.443 e. The Morgan fingerprint density at radius 1 is 1.24 bits per heavy atom. The third-order valence-corrected chi connectivity index (χ3v) is 8.92. The number of aromatic nitrogens is 3. The minimum Gasteiger partial charge on any atom is -0.443 e. The average molecular weight is 537 g/mol. The molecule has 1 aliphatic carbocycles. The highest BCUT2D eigenvalue weighted by molar-refractivity contribution is 7.86. The zero-order valence-corrected chi connectivity index (χ0v) is 22.7. The first kappa shape index (κ1) is 26.3. The van der Waals surface area contributed by atoms with Gasteiger partial charge in [-0.25, -0.2) is 19.3 Å². The van der Waals surface area contributed by atoms with Crippen molar-refractivity contribution in [3.63, 3.8) is 0 Å². The maximum Gasteiger partial charge on any atom is 0.420 e. The predicted molar refractivity (Wildman–Crippen MR) is 136 cm³/mol. The molecule has 2 saturated heterocycles. The SMILES string of the molecule is CCN(OC1CCCCO1)S(=O)(=O)N1CCN(c2ncnc3c2ccn3C(=O)OC(C)(C)C)CC12CC2. The molecule has 0 amide bonds. The van der Waals surface area contributed by atoms with Gasteiger partial charge in [-0.15, -0.1) is 0 Å². The van der Waals surface area contributed by atoms with E-state index in [1.165, 1.54) is 10.9 Å². The Morgan fingerprint density at radius 3 is 2.68 bits per heavy atom. The van der Waals surface area contributed by atoms with E-state index in [0.717, 1.165) is 30.2 Å².